The summed E-state index contributed by atoms with van der Waals surface area (Å²) in [4.78, 5) is 5.13. The minimum Gasteiger partial charge on any atom is -0.292 e. The Balaban J connectivity index is 1.16. The highest BCUT2D eigenvalue weighted by Crippen LogP contribution is 2.37. The first-order valence-corrected chi connectivity index (χ1v) is 15.5. The lowest BCUT2D eigenvalue weighted by molar-refractivity contribution is 1.32. The number of pyridine rings is 1. The highest BCUT2D eigenvalue weighted by atomic mass is 15.0. The topological polar surface area (TPSA) is 17.3 Å². The van der Waals surface area contributed by atoms with Crippen LogP contribution in [0.5, 0.6) is 0 Å². The summed E-state index contributed by atoms with van der Waals surface area (Å²) in [5.41, 5.74) is 9.23. The van der Waals surface area contributed by atoms with Crippen LogP contribution in [0.4, 0.5) is 0 Å². The number of fused-ring (bicyclic) bond motifs is 11. The second-order valence-corrected chi connectivity index (χ2v) is 12.1. The third-order valence-electron chi connectivity index (χ3n) is 9.47. The van der Waals surface area contributed by atoms with Gasteiger partial charge in [0.05, 0.1) is 16.6 Å². The van der Waals surface area contributed by atoms with Gasteiger partial charge in [0.25, 0.3) is 0 Å². The molecule has 0 radical (unpaired) electrons. The number of imidazole rings is 1. The summed E-state index contributed by atoms with van der Waals surface area (Å²) in [6.45, 7) is 0. The van der Waals surface area contributed by atoms with Crippen molar-refractivity contribution >= 4 is 70.7 Å². The van der Waals surface area contributed by atoms with E-state index in [4.69, 9.17) is 4.98 Å². The Kier molecular flexibility index (Phi) is 5.03. The van der Waals surface area contributed by atoms with Gasteiger partial charge in [0, 0.05) is 10.8 Å². The van der Waals surface area contributed by atoms with Crippen LogP contribution in [0.15, 0.2) is 158 Å². The summed E-state index contributed by atoms with van der Waals surface area (Å²) in [5, 5.41) is 11.1. The van der Waals surface area contributed by atoms with Crippen LogP contribution in [-0.4, -0.2) is 9.38 Å². The predicted octanol–water partition coefficient (Wildman–Crippen LogP) is 11.6. The Morgan fingerprint density at radius 1 is 0.333 bits per heavy atom. The van der Waals surface area contributed by atoms with Crippen molar-refractivity contribution in [1.82, 2.24) is 9.38 Å². The average molecular weight is 571 g/mol. The number of rotatable bonds is 2. The summed E-state index contributed by atoms with van der Waals surface area (Å²) >= 11 is 0. The molecular weight excluding hydrogens is 544 g/mol. The predicted molar refractivity (Wildman–Crippen MR) is 191 cm³/mol. The van der Waals surface area contributed by atoms with Crippen molar-refractivity contribution in [2.75, 3.05) is 0 Å². The van der Waals surface area contributed by atoms with Crippen LogP contribution in [0.25, 0.3) is 92.9 Å². The van der Waals surface area contributed by atoms with Crippen molar-refractivity contribution in [3.8, 4) is 22.3 Å². The molecule has 0 saturated carbocycles. The van der Waals surface area contributed by atoms with Crippen LogP contribution < -0.4 is 0 Å². The van der Waals surface area contributed by atoms with E-state index in [2.05, 4.69) is 162 Å². The lowest BCUT2D eigenvalue weighted by atomic mass is 9.95. The van der Waals surface area contributed by atoms with Crippen LogP contribution in [0, 0.1) is 0 Å². The first-order chi connectivity index (χ1) is 22.3. The van der Waals surface area contributed by atoms with Crippen LogP contribution in [0.3, 0.4) is 0 Å². The first kappa shape index (κ1) is 24.5. The molecule has 0 spiro atoms. The van der Waals surface area contributed by atoms with Gasteiger partial charge in [-0.05, 0) is 115 Å². The van der Waals surface area contributed by atoms with Gasteiger partial charge < -0.3 is 0 Å². The average Bonchev–Trinajstić information content (AvgIpc) is 3.50. The normalized spacial score (nSPS) is 12.0. The number of aromatic nitrogens is 2. The zero-order valence-electron chi connectivity index (χ0n) is 24.4. The molecule has 10 rings (SSSR count). The Bertz CT molecular complexity index is 2820. The molecule has 0 fully saturated rings. The molecule has 0 N–H and O–H groups in total. The van der Waals surface area contributed by atoms with Gasteiger partial charge >= 0.3 is 0 Å². The van der Waals surface area contributed by atoms with Crippen LogP contribution in [0.2, 0.25) is 0 Å². The lowest BCUT2D eigenvalue weighted by Gasteiger charge is -2.13. The fraction of sp³-hybridized carbons (Fsp3) is 0. The molecule has 0 aliphatic heterocycles. The molecule has 0 unspecified atom stereocenters. The molecule has 0 bridgehead atoms. The van der Waals surface area contributed by atoms with E-state index in [1.54, 1.807) is 0 Å². The van der Waals surface area contributed by atoms with Gasteiger partial charge in [0.2, 0.25) is 0 Å². The van der Waals surface area contributed by atoms with Gasteiger partial charge in [0.1, 0.15) is 5.65 Å². The molecule has 10 aromatic rings. The van der Waals surface area contributed by atoms with Crippen LogP contribution >= 0.6 is 0 Å². The molecule has 8 aromatic carbocycles. The lowest BCUT2D eigenvalue weighted by Crippen LogP contribution is -1.92. The van der Waals surface area contributed by atoms with Crippen molar-refractivity contribution in [3.05, 3.63) is 158 Å². The number of para-hydroxylation sites is 2. The number of hydrogen-bond donors (Lipinski definition) is 0. The molecule has 0 aliphatic carbocycles. The highest BCUT2D eigenvalue weighted by Gasteiger charge is 2.15. The van der Waals surface area contributed by atoms with Gasteiger partial charge in [-0.2, -0.15) is 0 Å². The molecule has 0 amide bonds. The van der Waals surface area contributed by atoms with E-state index in [0.29, 0.717) is 0 Å². The van der Waals surface area contributed by atoms with Crippen molar-refractivity contribution in [2.24, 2.45) is 0 Å². The molecule has 0 aliphatic rings. The van der Waals surface area contributed by atoms with Gasteiger partial charge in [-0.25, -0.2) is 4.98 Å². The number of hydrogen-bond acceptors (Lipinski definition) is 1. The maximum atomic E-state index is 5.13. The second kappa shape index (κ2) is 9.25. The number of benzene rings is 8. The minimum absolute atomic E-state index is 1.00. The molecule has 2 aromatic heterocycles. The third kappa shape index (κ3) is 3.73. The maximum absolute atomic E-state index is 5.13. The Labute approximate surface area is 259 Å². The maximum Gasteiger partial charge on any atom is 0.146 e. The molecule has 208 valence electrons. The Morgan fingerprint density at radius 2 is 0.844 bits per heavy atom. The van der Waals surface area contributed by atoms with E-state index in [9.17, 15) is 0 Å². The fourth-order valence-corrected chi connectivity index (χ4v) is 7.19. The number of nitrogens with zero attached hydrogens (tertiary/aromatic N) is 2. The molecule has 2 heterocycles. The summed E-state index contributed by atoms with van der Waals surface area (Å²) in [6, 6.07) is 57.5. The van der Waals surface area contributed by atoms with Crippen molar-refractivity contribution in [2.45, 2.75) is 0 Å². The smallest absolute Gasteiger partial charge is 0.146 e. The molecule has 2 heteroatoms. The summed E-state index contributed by atoms with van der Waals surface area (Å²) in [5.74, 6) is 0. The Hall–Kier alpha value is -5.99. The monoisotopic (exact) mass is 570 g/mol. The van der Waals surface area contributed by atoms with E-state index in [1.165, 1.54) is 76.2 Å². The van der Waals surface area contributed by atoms with Crippen LogP contribution in [0.1, 0.15) is 0 Å². The molecule has 0 atom stereocenters. The van der Waals surface area contributed by atoms with Crippen LogP contribution in [-0.2, 0) is 0 Å². The molecule has 2 nitrogen and oxygen atoms in total. The summed E-state index contributed by atoms with van der Waals surface area (Å²) < 4.78 is 2.34. The van der Waals surface area contributed by atoms with Gasteiger partial charge in [-0.1, -0.05) is 103 Å². The quantitative estimate of drug-likeness (QED) is 0.149. The summed E-state index contributed by atoms with van der Waals surface area (Å²) in [6.07, 6.45) is 0. The summed E-state index contributed by atoms with van der Waals surface area (Å²) in [7, 11) is 0. The van der Waals surface area contributed by atoms with Gasteiger partial charge in [-0.3, -0.25) is 4.40 Å². The zero-order valence-corrected chi connectivity index (χ0v) is 24.4. The second-order valence-electron chi connectivity index (χ2n) is 12.1. The van der Waals surface area contributed by atoms with E-state index in [1.807, 2.05) is 0 Å². The minimum atomic E-state index is 1.00. The zero-order chi connectivity index (χ0) is 29.5. The Morgan fingerprint density at radius 3 is 1.56 bits per heavy atom. The molecule has 0 saturated heterocycles. The molecule has 45 heavy (non-hydrogen) atoms. The standard InChI is InChI=1S/C43H26N2/c1-2-8-28-21-31(14-13-27(28)7-1)32-15-16-34-23-35(18-17-33(34)22-32)36-19-20-37-38(24-36)39-25-29-9-3-4-10-30(29)26-42(39)45-41-12-6-5-11-40(41)44-43(37)45/h1-26H. The van der Waals surface area contributed by atoms with E-state index >= 15 is 0 Å². The van der Waals surface area contributed by atoms with E-state index in [0.717, 1.165) is 16.7 Å². The largest absolute Gasteiger partial charge is 0.292 e. The highest BCUT2D eigenvalue weighted by molar-refractivity contribution is 6.17. The van der Waals surface area contributed by atoms with E-state index in [-0.39, 0.29) is 0 Å². The SMILES string of the molecule is c1ccc2cc(-c3ccc4cc(-c5ccc6c(c5)c5cc7ccccc7cc5n5c7ccccc7nc65)ccc4c3)ccc2c1. The first-order valence-electron chi connectivity index (χ1n) is 15.5. The van der Waals surface area contributed by atoms with Crippen molar-refractivity contribution in [3.63, 3.8) is 0 Å². The van der Waals surface area contributed by atoms with Gasteiger partial charge in [0.15, 0.2) is 0 Å². The third-order valence-corrected chi connectivity index (χ3v) is 9.47. The fourth-order valence-electron chi connectivity index (χ4n) is 7.19. The molecular formula is C43H26N2. The van der Waals surface area contributed by atoms with Gasteiger partial charge in [-0.15, -0.1) is 0 Å². The van der Waals surface area contributed by atoms with E-state index < -0.39 is 0 Å². The van der Waals surface area contributed by atoms with Crippen molar-refractivity contribution in [1.29, 1.82) is 0 Å². The van der Waals surface area contributed by atoms with Crippen molar-refractivity contribution < 1.29 is 0 Å².